The average Bonchev–Trinajstić information content (AvgIpc) is 2.64. The Bertz CT molecular complexity index is 635. The molecule has 25 heavy (non-hydrogen) atoms. The van der Waals surface area contributed by atoms with Crippen molar-refractivity contribution in [1.29, 1.82) is 0 Å². The number of nitrogens with one attached hydrogen (secondary N) is 2. The Hall–Kier alpha value is -2.04. The minimum atomic E-state index is -0.645. The van der Waals surface area contributed by atoms with E-state index in [-0.39, 0.29) is 18.3 Å². The molecule has 2 N–H and O–H groups in total. The molecule has 0 saturated heterocycles. The summed E-state index contributed by atoms with van der Waals surface area (Å²) in [5.74, 6) is 0.655. The zero-order valence-electron chi connectivity index (χ0n) is 14.8. The predicted octanol–water partition coefficient (Wildman–Crippen LogP) is 3.52. The Balaban J connectivity index is 0.00000312. The molecule has 0 fully saturated rings. The molecule has 1 atom stereocenters. The van der Waals surface area contributed by atoms with E-state index in [1.807, 2.05) is 61.6 Å². The maximum absolute atomic E-state index is 12.7. The maximum Gasteiger partial charge on any atom is 0.265 e. The molecule has 4 nitrogen and oxygen atoms in total. The van der Waals surface area contributed by atoms with E-state index >= 15 is 0 Å². The topological polar surface area (TPSA) is 50.4 Å². The van der Waals surface area contributed by atoms with Gasteiger partial charge in [0.15, 0.2) is 0 Å². The normalized spacial score (nSPS) is 11.3. The van der Waals surface area contributed by atoms with Crippen molar-refractivity contribution in [3.05, 3.63) is 65.7 Å². The number of rotatable bonds is 9. The van der Waals surface area contributed by atoms with Crippen LogP contribution in [0.3, 0.4) is 0 Å². The van der Waals surface area contributed by atoms with Gasteiger partial charge in [-0.3, -0.25) is 4.79 Å². The molecular weight excluding hydrogens is 336 g/mol. The molecule has 0 aliphatic rings. The van der Waals surface area contributed by atoms with Crippen LogP contribution in [0.15, 0.2) is 54.6 Å². The fraction of sp³-hybridized carbons (Fsp3) is 0.350. The molecule has 0 saturated carbocycles. The SMILES string of the molecule is CCc1ccccc1OC(C(=O)NCCCNC)c1ccccc1.Cl. The van der Waals surface area contributed by atoms with Gasteiger partial charge in [0.25, 0.3) is 5.91 Å². The van der Waals surface area contributed by atoms with Crippen molar-refractivity contribution in [2.24, 2.45) is 0 Å². The third-order valence-corrected chi connectivity index (χ3v) is 3.84. The second-order valence-electron chi connectivity index (χ2n) is 5.62. The number of ether oxygens (including phenoxy) is 1. The summed E-state index contributed by atoms with van der Waals surface area (Å²) in [6.45, 7) is 3.58. The highest BCUT2D eigenvalue weighted by Crippen LogP contribution is 2.26. The average molecular weight is 363 g/mol. The van der Waals surface area contributed by atoms with Crippen molar-refractivity contribution in [3.8, 4) is 5.75 Å². The first-order valence-electron chi connectivity index (χ1n) is 8.48. The smallest absolute Gasteiger partial charge is 0.265 e. The van der Waals surface area contributed by atoms with E-state index in [0.29, 0.717) is 6.54 Å². The van der Waals surface area contributed by atoms with Crippen molar-refractivity contribution in [2.45, 2.75) is 25.9 Å². The van der Waals surface area contributed by atoms with Crippen molar-refractivity contribution >= 4 is 18.3 Å². The first kappa shape index (κ1) is 21.0. The zero-order chi connectivity index (χ0) is 17.2. The van der Waals surface area contributed by atoms with Gasteiger partial charge in [-0.25, -0.2) is 0 Å². The van der Waals surface area contributed by atoms with E-state index in [1.54, 1.807) is 0 Å². The molecule has 2 rings (SSSR count). The van der Waals surface area contributed by atoms with Gasteiger partial charge < -0.3 is 15.4 Å². The third kappa shape index (κ3) is 6.40. The summed E-state index contributed by atoms with van der Waals surface area (Å²) < 4.78 is 6.11. The van der Waals surface area contributed by atoms with Crippen molar-refractivity contribution in [3.63, 3.8) is 0 Å². The Kier molecular flexibility index (Phi) is 9.66. The summed E-state index contributed by atoms with van der Waals surface area (Å²) in [4.78, 5) is 12.7. The lowest BCUT2D eigenvalue weighted by atomic mass is 10.1. The number of halogens is 1. The lowest BCUT2D eigenvalue weighted by Crippen LogP contribution is -2.34. The number of amides is 1. The highest BCUT2D eigenvalue weighted by Gasteiger charge is 2.23. The molecule has 2 aromatic rings. The van der Waals surface area contributed by atoms with Crippen molar-refractivity contribution in [2.75, 3.05) is 20.1 Å². The summed E-state index contributed by atoms with van der Waals surface area (Å²) in [7, 11) is 1.90. The van der Waals surface area contributed by atoms with Gasteiger partial charge in [0.1, 0.15) is 5.75 Å². The number of carbonyl (C=O) groups excluding carboxylic acids is 1. The first-order valence-corrected chi connectivity index (χ1v) is 8.48. The number of aryl methyl sites for hydroxylation is 1. The van der Waals surface area contributed by atoms with Crippen LogP contribution in [0.2, 0.25) is 0 Å². The van der Waals surface area contributed by atoms with Crippen LogP contribution in [0, 0.1) is 0 Å². The van der Waals surface area contributed by atoms with Crippen LogP contribution < -0.4 is 15.4 Å². The van der Waals surface area contributed by atoms with E-state index in [1.165, 1.54) is 0 Å². The Morgan fingerprint density at radius 2 is 1.72 bits per heavy atom. The van der Waals surface area contributed by atoms with E-state index in [0.717, 1.165) is 36.3 Å². The molecule has 0 bridgehead atoms. The summed E-state index contributed by atoms with van der Waals surface area (Å²) in [6, 6.07) is 17.5. The van der Waals surface area contributed by atoms with E-state index in [2.05, 4.69) is 17.6 Å². The van der Waals surface area contributed by atoms with Crippen LogP contribution in [-0.4, -0.2) is 26.0 Å². The molecule has 0 radical (unpaired) electrons. The number of hydrogen-bond acceptors (Lipinski definition) is 3. The molecule has 0 spiro atoms. The largest absolute Gasteiger partial charge is 0.476 e. The molecule has 0 aliphatic heterocycles. The van der Waals surface area contributed by atoms with Gasteiger partial charge in [0, 0.05) is 12.1 Å². The van der Waals surface area contributed by atoms with Gasteiger partial charge in [-0.2, -0.15) is 0 Å². The molecule has 5 heteroatoms. The third-order valence-electron chi connectivity index (χ3n) is 3.84. The van der Waals surface area contributed by atoms with Crippen LogP contribution in [0.4, 0.5) is 0 Å². The van der Waals surface area contributed by atoms with Gasteiger partial charge in [-0.15, -0.1) is 12.4 Å². The summed E-state index contributed by atoms with van der Waals surface area (Å²) in [6.07, 6.45) is 1.10. The summed E-state index contributed by atoms with van der Waals surface area (Å²) in [5, 5.41) is 6.04. The minimum absolute atomic E-state index is 0. The highest BCUT2D eigenvalue weighted by atomic mass is 35.5. The quantitative estimate of drug-likeness (QED) is 0.671. The fourth-order valence-corrected chi connectivity index (χ4v) is 2.51. The standard InChI is InChI=1S/C20H26N2O2.ClH/c1-3-16-10-7-8-13-18(16)24-19(17-11-5-4-6-12-17)20(23)22-15-9-14-21-2;/h4-8,10-13,19,21H,3,9,14-15H2,1-2H3,(H,22,23);1H. The number of benzene rings is 2. The van der Waals surface area contributed by atoms with Crippen molar-refractivity contribution < 1.29 is 9.53 Å². The fourth-order valence-electron chi connectivity index (χ4n) is 2.51. The molecule has 1 amide bonds. The van der Waals surface area contributed by atoms with Gasteiger partial charge in [0.05, 0.1) is 0 Å². The number of carbonyl (C=O) groups is 1. The molecule has 2 aromatic carbocycles. The molecule has 0 aliphatic carbocycles. The van der Waals surface area contributed by atoms with E-state index < -0.39 is 6.10 Å². The summed E-state index contributed by atoms with van der Waals surface area (Å²) >= 11 is 0. The van der Waals surface area contributed by atoms with Crippen LogP contribution in [0.5, 0.6) is 5.75 Å². The van der Waals surface area contributed by atoms with E-state index in [9.17, 15) is 4.79 Å². The number of hydrogen-bond donors (Lipinski definition) is 2. The van der Waals surface area contributed by atoms with Crippen LogP contribution in [0.25, 0.3) is 0 Å². The van der Waals surface area contributed by atoms with Crippen LogP contribution >= 0.6 is 12.4 Å². The Labute approximate surface area is 156 Å². The predicted molar refractivity (Wildman–Crippen MR) is 104 cm³/mol. The molecule has 0 aromatic heterocycles. The van der Waals surface area contributed by atoms with Crippen molar-refractivity contribution in [1.82, 2.24) is 10.6 Å². The van der Waals surface area contributed by atoms with Gasteiger partial charge in [-0.1, -0.05) is 55.5 Å². The van der Waals surface area contributed by atoms with Crippen LogP contribution in [-0.2, 0) is 11.2 Å². The molecular formula is C20H27ClN2O2. The van der Waals surface area contributed by atoms with Crippen LogP contribution in [0.1, 0.15) is 30.6 Å². The maximum atomic E-state index is 12.7. The highest BCUT2D eigenvalue weighted by molar-refractivity contribution is 5.85. The first-order chi connectivity index (χ1) is 11.8. The Morgan fingerprint density at radius 1 is 1.04 bits per heavy atom. The second kappa shape index (κ2) is 11.5. The zero-order valence-corrected chi connectivity index (χ0v) is 15.6. The lowest BCUT2D eigenvalue weighted by Gasteiger charge is -2.21. The lowest BCUT2D eigenvalue weighted by molar-refractivity contribution is -0.128. The minimum Gasteiger partial charge on any atom is -0.476 e. The van der Waals surface area contributed by atoms with Gasteiger partial charge >= 0.3 is 0 Å². The van der Waals surface area contributed by atoms with Gasteiger partial charge in [0.2, 0.25) is 6.10 Å². The monoisotopic (exact) mass is 362 g/mol. The van der Waals surface area contributed by atoms with E-state index in [4.69, 9.17) is 4.74 Å². The van der Waals surface area contributed by atoms with Gasteiger partial charge in [-0.05, 0) is 38.1 Å². The molecule has 0 heterocycles. The second-order valence-corrected chi connectivity index (χ2v) is 5.62. The summed E-state index contributed by atoms with van der Waals surface area (Å²) in [5.41, 5.74) is 1.95. The number of para-hydroxylation sites is 1. The Morgan fingerprint density at radius 3 is 2.40 bits per heavy atom. The molecule has 1 unspecified atom stereocenters. The molecule has 136 valence electrons.